The Morgan fingerprint density at radius 3 is 2.61 bits per heavy atom. The van der Waals surface area contributed by atoms with E-state index < -0.39 is 21.7 Å². The van der Waals surface area contributed by atoms with Crippen molar-refractivity contribution in [2.45, 2.75) is 11.3 Å². The fourth-order valence-electron chi connectivity index (χ4n) is 1.99. The quantitative estimate of drug-likeness (QED) is 0.893. The summed E-state index contributed by atoms with van der Waals surface area (Å²) in [5.41, 5.74) is 5.49. The molecule has 1 fully saturated rings. The van der Waals surface area contributed by atoms with Crippen LogP contribution in [0.15, 0.2) is 23.1 Å². The van der Waals surface area contributed by atoms with Gasteiger partial charge in [0.15, 0.2) is 11.6 Å². The Morgan fingerprint density at radius 1 is 1.33 bits per heavy atom. The first-order valence-electron chi connectivity index (χ1n) is 5.60. The summed E-state index contributed by atoms with van der Waals surface area (Å²) in [6.45, 7) is 1.12. The van der Waals surface area contributed by atoms with E-state index in [-0.39, 0.29) is 10.8 Å². The number of halogens is 2. The lowest BCUT2D eigenvalue weighted by molar-refractivity contribution is 0.456. The Balaban J connectivity index is 2.28. The van der Waals surface area contributed by atoms with Crippen molar-refractivity contribution in [2.24, 2.45) is 11.7 Å². The van der Waals surface area contributed by atoms with Gasteiger partial charge in [-0.3, -0.25) is 0 Å². The topological polar surface area (TPSA) is 63.4 Å². The van der Waals surface area contributed by atoms with Gasteiger partial charge in [0.25, 0.3) is 0 Å². The van der Waals surface area contributed by atoms with E-state index in [1.807, 2.05) is 0 Å². The third-order valence-electron chi connectivity index (χ3n) is 3.11. The van der Waals surface area contributed by atoms with Crippen molar-refractivity contribution in [3.8, 4) is 0 Å². The van der Waals surface area contributed by atoms with E-state index in [0.29, 0.717) is 32.1 Å². The standard InChI is InChI=1S/C11H14F2N2O2S/c12-10-2-1-9(5-11(10)13)18(16,17)15-4-3-8(6-14)7-15/h1-2,5,8H,3-4,6-7,14H2/t8-/m0/s1. The van der Waals surface area contributed by atoms with E-state index in [2.05, 4.69) is 0 Å². The second kappa shape index (κ2) is 4.91. The zero-order valence-corrected chi connectivity index (χ0v) is 10.5. The lowest BCUT2D eigenvalue weighted by Crippen LogP contribution is -2.30. The Labute approximate surface area is 104 Å². The maximum Gasteiger partial charge on any atom is 0.243 e. The third kappa shape index (κ3) is 2.38. The maximum absolute atomic E-state index is 13.1. The summed E-state index contributed by atoms with van der Waals surface area (Å²) in [4.78, 5) is -0.223. The minimum atomic E-state index is -3.75. The first-order chi connectivity index (χ1) is 8.45. The molecule has 2 N–H and O–H groups in total. The highest BCUT2D eigenvalue weighted by Gasteiger charge is 2.32. The molecule has 2 rings (SSSR count). The molecule has 1 aromatic carbocycles. The van der Waals surface area contributed by atoms with Gasteiger partial charge in [0.1, 0.15) is 0 Å². The molecular weight excluding hydrogens is 262 g/mol. The number of hydrogen-bond donors (Lipinski definition) is 1. The SMILES string of the molecule is NC[C@@H]1CCN(S(=O)(=O)c2ccc(F)c(F)c2)C1. The fourth-order valence-corrected chi connectivity index (χ4v) is 3.54. The van der Waals surface area contributed by atoms with Crippen molar-refractivity contribution in [3.63, 3.8) is 0 Å². The highest BCUT2D eigenvalue weighted by molar-refractivity contribution is 7.89. The van der Waals surface area contributed by atoms with E-state index in [0.717, 1.165) is 12.1 Å². The molecule has 4 nitrogen and oxygen atoms in total. The minimum Gasteiger partial charge on any atom is -0.330 e. The second-order valence-electron chi connectivity index (χ2n) is 4.33. The molecule has 0 aromatic heterocycles. The van der Waals surface area contributed by atoms with Crippen LogP contribution in [0.4, 0.5) is 8.78 Å². The van der Waals surface area contributed by atoms with Gasteiger partial charge in [0, 0.05) is 13.1 Å². The highest BCUT2D eigenvalue weighted by atomic mass is 32.2. The smallest absolute Gasteiger partial charge is 0.243 e. The Bertz CT molecular complexity index is 548. The summed E-state index contributed by atoms with van der Waals surface area (Å²) in [5, 5.41) is 0. The predicted molar refractivity (Wildman–Crippen MR) is 62.3 cm³/mol. The van der Waals surface area contributed by atoms with Gasteiger partial charge in [0.2, 0.25) is 10.0 Å². The molecule has 0 radical (unpaired) electrons. The number of sulfonamides is 1. The van der Waals surface area contributed by atoms with Crippen molar-refractivity contribution in [3.05, 3.63) is 29.8 Å². The predicted octanol–water partition coefficient (Wildman–Crippen LogP) is 0.934. The summed E-state index contributed by atoms with van der Waals surface area (Å²) in [6.07, 6.45) is 0.694. The van der Waals surface area contributed by atoms with Crippen LogP contribution in [0, 0.1) is 17.6 Å². The number of rotatable bonds is 3. The van der Waals surface area contributed by atoms with E-state index in [1.165, 1.54) is 4.31 Å². The van der Waals surface area contributed by atoms with Crippen molar-refractivity contribution in [2.75, 3.05) is 19.6 Å². The third-order valence-corrected chi connectivity index (χ3v) is 4.97. The summed E-state index contributed by atoms with van der Waals surface area (Å²) in [5.74, 6) is -2.09. The average molecular weight is 276 g/mol. The van der Waals surface area contributed by atoms with Crippen LogP contribution < -0.4 is 5.73 Å². The van der Waals surface area contributed by atoms with Crippen LogP contribution in [0.25, 0.3) is 0 Å². The van der Waals surface area contributed by atoms with Crippen molar-refractivity contribution < 1.29 is 17.2 Å². The number of nitrogens with two attached hydrogens (primary N) is 1. The van der Waals surface area contributed by atoms with Gasteiger partial charge >= 0.3 is 0 Å². The van der Waals surface area contributed by atoms with Crippen molar-refractivity contribution in [1.82, 2.24) is 4.31 Å². The molecule has 100 valence electrons. The van der Waals surface area contributed by atoms with Gasteiger partial charge < -0.3 is 5.73 Å². The van der Waals surface area contributed by atoms with Crippen molar-refractivity contribution >= 4 is 10.0 Å². The molecule has 7 heteroatoms. The van der Waals surface area contributed by atoms with Crippen LogP contribution in [-0.2, 0) is 10.0 Å². The zero-order chi connectivity index (χ0) is 13.3. The van der Waals surface area contributed by atoms with E-state index in [1.54, 1.807) is 0 Å². The van der Waals surface area contributed by atoms with Gasteiger partial charge in [-0.25, -0.2) is 17.2 Å². The molecule has 1 aliphatic heterocycles. The Hall–Kier alpha value is -1.05. The van der Waals surface area contributed by atoms with Crippen LogP contribution in [0.3, 0.4) is 0 Å². The average Bonchev–Trinajstić information content (AvgIpc) is 2.81. The molecule has 18 heavy (non-hydrogen) atoms. The second-order valence-corrected chi connectivity index (χ2v) is 6.27. The molecule has 0 spiro atoms. The number of nitrogens with zero attached hydrogens (tertiary/aromatic N) is 1. The first kappa shape index (κ1) is 13.4. The zero-order valence-electron chi connectivity index (χ0n) is 9.64. The monoisotopic (exact) mass is 276 g/mol. The van der Waals surface area contributed by atoms with Crippen LogP contribution in [-0.4, -0.2) is 32.4 Å². The Morgan fingerprint density at radius 2 is 2.06 bits per heavy atom. The molecule has 0 aliphatic carbocycles. The molecule has 1 saturated heterocycles. The lowest BCUT2D eigenvalue weighted by atomic mass is 10.1. The van der Waals surface area contributed by atoms with Crippen LogP contribution in [0.1, 0.15) is 6.42 Å². The van der Waals surface area contributed by atoms with Crippen LogP contribution >= 0.6 is 0 Å². The molecule has 1 atom stereocenters. The first-order valence-corrected chi connectivity index (χ1v) is 7.04. The maximum atomic E-state index is 13.1. The molecule has 1 aromatic rings. The van der Waals surface area contributed by atoms with Crippen LogP contribution in [0.2, 0.25) is 0 Å². The van der Waals surface area contributed by atoms with Gasteiger partial charge in [-0.15, -0.1) is 0 Å². The van der Waals surface area contributed by atoms with E-state index >= 15 is 0 Å². The summed E-state index contributed by atoms with van der Waals surface area (Å²) in [6, 6.07) is 2.60. The molecule has 1 heterocycles. The molecule has 0 bridgehead atoms. The van der Waals surface area contributed by atoms with E-state index in [4.69, 9.17) is 5.73 Å². The molecule has 0 unspecified atom stereocenters. The summed E-state index contributed by atoms with van der Waals surface area (Å²) in [7, 11) is -3.75. The molecule has 1 aliphatic rings. The molecular formula is C11H14F2N2O2S. The fraction of sp³-hybridized carbons (Fsp3) is 0.455. The summed E-state index contributed by atoms with van der Waals surface area (Å²) < 4.78 is 51.4. The van der Waals surface area contributed by atoms with Gasteiger partial charge in [-0.2, -0.15) is 4.31 Å². The van der Waals surface area contributed by atoms with Crippen molar-refractivity contribution in [1.29, 1.82) is 0 Å². The number of benzene rings is 1. The number of hydrogen-bond acceptors (Lipinski definition) is 3. The molecule has 0 saturated carbocycles. The highest BCUT2D eigenvalue weighted by Crippen LogP contribution is 2.24. The normalized spacial score (nSPS) is 21.4. The summed E-state index contributed by atoms with van der Waals surface area (Å²) >= 11 is 0. The van der Waals surface area contributed by atoms with Gasteiger partial charge in [-0.1, -0.05) is 0 Å². The largest absolute Gasteiger partial charge is 0.330 e. The van der Waals surface area contributed by atoms with Crippen LogP contribution in [0.5, 0.6) is 0 Å². The van der Waals surface area contributed by atoms with Gasteiger partial charge in [-0.05, 0) is 37.1 Å². The lowest BCUT2D eigenvalue weighted by Gasteiger charge is -2.16. The molecule has 0 amide bonds. The minimum absolute atomic E-state index is 0.130. The van der Waals surface area contributed by atoms with E-state index in [9.17, 15) is 17.2 Å². The Kier molecular flexibility index (Phi) is 3.65. The van der Waals surface area contributed by atoms with Gasteiger partial charge in [0.05, 0.1) is 4.90 Å².